The lowest BCUT2D eigenvalue weighted by atomic mass is 10.2. The maximum absolute atomic E-state index is 5.87. The molecule has 0 fully saturated rings. The van der Waals surface area contributed by atoms with E-state index in [-0.39, 0.29) is 0 Å². The van der Waals surface area contributed by atoms with Crippen molar-refractivity contribution in [3.63, 3.8) is 0 Å². The van der Waals surface area contributed by atoms with Crippen LogP contribution in [0.5, 0.6) is 5.75 Å². The molecule has 0 heterocycles. The van der Waals surface area contributed by atoms with Gasteiger partial charge in [-0.2, -0.15) is 0 Å². The number of methoxy groups -OCH3 is 1. The first-order chi connectivity index (χ1) is 9.79. The average Bonchev–Trinajstić information content (AvgIpc) is 2.48. The van der Waals surface area contributed by atoms with Crippen LogP contribution in [0.3, 0.4) is 0 Å². The quantitative estimate of drug-likeness (QED) is 0.783. The second-order valence-electron chi connectivity index (χ2n) is 4.31. The summed E-state index contributed by atoms with van der Waals surface area (Å²) in [6.07, 6.45) is 0. The van der Waals surface area contributed by atoms with Crippen molar-refractivity contribution in [2.24, 2.45) is 0 Å². The van der Waals surface area contributed by atoms with Gasteiger partial charge in [0, 0.05) is 29.9 Å². The summed E-state index contributed by atoms with van der Waals surface area (Å²) in [6, 6.07) is 15.6. The molecule has 2 aromatic carbocycles. The molecule has 0 saturated heterocycles. The van der Waals surface area contributed by atoms with Crippen molar-refractivity contribution in [2.75, 3.05) is 25.6 Å². The van der Waals surface area contributed by atoms with E-state index in [0.717, 1.165) is 22.0 Å². The third-order valence-electron chi connectivity index (χ3n) is 2.84. The van der Waals surface area contributed by atoms with Gasteiger partial charge in [0.15, 0.2) is 0 Å². The number of rotatable bonds is 7. The second-order valence-corrected chi connectivity index (χ2v) is 4.75. The van der Waals surface area contributed by atoms with Crippen molar-refractivity contribution in [1.29, 1.82) is 0 Å². The van der Waals surface area contributed by atoms with Gasteiger partial charge in [-0.3, -0.25) is 0 Å². The molecule has 3 nitrogen and oxygen atoms in total. The van der Waals surface area contributed by atoms with E-state index in [1.165, 1.54) is 0 Å². The summed E-state index contributed by atoms with van der Waals surface area (Å²) in [4.78, 5) is 0. The highest BCUT2D eigenvalue weighted by atomic mass is 35.5. The number of ether oxygens (including phenoxy) is 2. The van der Waals surface area contributed by atoms with E-state index in [1.54, 1.807) is 7.11 Å². The van der Waals surface area contributed by atoms with Crippen molar-refractivity contribution in [2.45, 2.75) is 6.54 Å². The van der Waals surface area contributed by atoms with Crippen LogP contribution >= 0.6 is 11.6 Å². The summed E-state index contributed by atoms with van der Waals surface area (Å²) in [6.45, 7) is 1.83. The summed E-state index contributed by atoms with van der Waals surface area (Å²) in [5.74, 6) is 0.881. The van der Waals surface area contributed by atoms with Gasteiger partial charge in [0.25, 0.3) is 0 Å². The van der Waals surface area contributed by atoms with Crippen LogP contribution in [0.1, 0.15) is 5.56 Å². The zero-order valence-electron chi connectivity index (χ0n) is 11.4. The molecule has 0 aromatic heterocycles. The minimum absolute atomic E-state index is 0.550. The Morgan fingerprint density at radius 2 is 1.75 bits per heavy atom. The van der Waals surface area contributed by atoms with Crippen molar-refractivity contribution in [3.8, 4) is 5.75 Å². The van der Waals surface area contributed by atoms with E-state index in [9.17, 15) is 0 Å². The van der Waals surface area contributed by atoms with E-state index in [2.05, 4.69) is 5.32 Å². The van der Waals surface area contributed by atoms with Gasteiger partial charge in [0.1, 0.15) is 12.4 Å². The van der Waals surface area contributed by atoms with Crippen LogP contribution in [0.25, 0.3) is 0 Å². The summed E-state index contributed by atoms with van der Waals surface area (Å²) in [5.41, 5.74) is 2.14. The molecule has 0 aliphatic heterocycles. The molecule has 0 amide bonds. The molecular weight excluding hydrogens is 274 g/mol. The van der Waals surface area contributed by atoms with Gasteiger partial charge >= 0.3 is 0 Å². The van der Waals surface area contributed by atoms with Gasteiger partial charge in [-0.25, -0.2) is 0 Å². The molecule has 106 valence electrons. The average molecular weight is 292 g/mol. The van der Waals surface area contributed by atoms with Crippen LogP contribution < -0.4 is 10.1 Å². The predicted molar refractivity (Wildman–Crippen MR) is 82.6 cm³/mol. The first-order valence-corrected chi connectivity index (χ1v) is 6.86. The molecule has 4 heteroatoms. The van der Waals surface area contributed by atoms with E-state index in [0.29, 0.717) is 19.8 Å². The number of benzene rings is 2. The van der Waals surface area contributed by atoms with Gasteiger partial charge in [-0.1, -0.05) is 29.8 Å². The zero-order chi connectivity index (χ0) is 14.2. The second kappa shape index (κ2) is 7.78. The minimum Gasteiger partial charge on any atom is -0.491 e. The third kappa shape index (κ3) is 4.44. The highest BCUT2D eigenvalue weighted by Gasteiger charge is 2.02. The van der Waals surface area contributed by atoms with Crippen LogP contribution in [0.2, 0.25) is 5.02 Å². The molecule has 0 aliphatic rings. The molecule has 0 saturated carbocycles. The minimum atomic E-state index is 0.550. The van der Waals surface area contributed by atoms with E-state index >= 15 is 0 Å². The number of hydrogen-bond acceptors (Lipinski definition) is 3. The summed E-state index contributed by atoms with van der Waals surface area (Å²) in [7, 11) is 1.66. The molecule has 0 bridgehead atoms. The Kier molecular flexibility index (Phi) is 5.71. The smallest absolute Gasteiger partial charge is 0.124 e. The zero-order valence-corrected chi connectivity index (χ0v) is 12.2. The molecule has 2 rings (SSSR count). The summed E-state index contributed by atoms with van der Waals surface area (Å²) < 4.78 is 10.7. The topological polar surface area (TPSA) is 30.5 Å². The SMILES string of the molecule is COCCOc1ccccc1CNc1ccc(Cl)cc1. The molecule has 0 spiro atoms. The molecule has 2 aromatic rings. The van der Waals surface area contributed by atoms with Crippen LogP contribution in [0, 0.1) is 0 Å². The Hall–Kier alpha value is -1.71. The molecule has 0 radical (unpaired) electrons. The van der Waals surface area contributed by atoms with Gasteiger partial charge in [0.05, 0.1) is 6.61 Å². The Morgan fingerprint density at radius 3 is 2.50 bits per heavy atom. The standard InChI is InChI=1S/C16H18ClNO2/c1-19-10-11-20-16-5-3-2-4-13(16)12-18-15-8-6-14(17)7-9-15/h2-9,18H,10-12H2,1H3. The molecule has 0 atom stereocenters. The monoisotopic (exact) mass is 291 g/mol. The highest BCUT2D eigenvalue weighted by molar-refractivity contribution is 6.30. The fourth-order valence-electron chi connectivity index (χ4n) is 1.79. The van der Waals surface area contributed by atoms with Crippen molar-refractivity contribution in [1.82, 2.24) is 0 Å². The van der Waals surface area contributed by atoms with Crippen molar-refractivity contribution >= 4 is 17.3 Å². The van der Waals surface area contributed by atoms with Crippen LogP contribution in [-0.2, 0) is 11.3 Å². The number of nitrogens with one attached hydrogen (secondary N) is 1. The van der Waals surface area contributed by atoms with E-state index in [1.807, 2.05) is 48.5 Å². The summed E-state index contributed by atoms with van der Waals surface area (Å²) >= 11 is 5.87. The van der Waals surface area contributed by atoms with Crippen LogP contribution in [0.15, 0.2) is 48.5 Å². The maximum atomic E-state index is 5.87. The molecule has 0 unspecified atom stereocenters. The largest absolute Gasteiger partial charge is 0.491 e. The normalized spacial score (nSPS) is 10.3. The number of halogens is 1. The van der Waals surface area contributed by atoms with E-state index in [4.69, 9.17) is 21.1 Å². The van der Waals surface area contributed by atoms with Crippen molar-refractivity contribution in [3.05, 3.63) is 59.1 Å². The number of para-hydroxylation sites is 1. The van der Waals surface area contributed by atoms with E-state index < -0.39 is 0 Å². The summed E-state index contributed by atoms with van der Waals surface area (Å²) in [5, 5.41) is 4.08. The predicted octanol–water partition coefficient (Wildman–Crippen LogP) is 3.98. The number of anilines is 1. The lowest BCUT2D eigenvalue weighted by Gasteiger charge is -2.12. The molecule has 0 aliphatic carbocycles. The Balaban J connectivity index is 1.96. The van der Waals surface area contributed by atoms with Gasteiger partial charge < -0.3 is 14.8 Å². The Morgan fingerprint density at radius 1 is 1.00 bits per heavy atom. The van der Waals surface area contributed by atoms with Crippen molar-refractivity contribution < 1.29 is 9.47 Å². The number of hydrogen-bond donors (Lipinski definition) is 1. The fourth-order valence-corrected chi connectivity index (χ4v) is 1.92. The first-order valence-electron chi connectivity index (χ1n) is 6.48. The molecule has 1 N–H and O–H groups in total. The van der Waals surface area contributed by atoms with Crippen LogP contribution in [0.4, 0.5) is 5.69 Å². The maximum Gasteiger partial charge on any atom is 0.124 e. The molecule has 20 heavy (non-hydrogen) atoms. The first kappa shape index (κ1) is 14.7. The van der Waals surface area contributed by atoms with Gasteiger partial charge in [-0.05, 0) is 30.3 Å². The molecular formula is C16H18ClNO2. The highest BCUT2D eigenvalue weighted by Crippen LogP contribution is 2.20. The fraction of sp³-hybridized carbons (Fsp3) is 0.250. The third-order valence-corrected chi connectivity index (χ3v) is 3.10. The Bertz CT molecular complexity index is 528. The lowest BCUT2D eigenvalue weighted by Crippen LogP contribution is -2.07. The lowest BCUT2D eigenvalue weighted by molar-refractivity contribution is 0.146. The van der Waals surface area contributed by atoms with Gasteiger partial charge in [0.2, 0.25) is 0 Å². The van der Waals surface area contributed by atoms with Gasteiger partial charge in [-0.15, -0.1) is 0 Å². The van der Waals surface area contributed by atoms with Crippen LogP contribution in [-0.4, -0.2) is 20.3 Å². The Labute approximate surface area is 124 Å².